The van der Waals surface area contributed by atoms with Crippen LogP contribution in [-0.4, -0.2) is 6.54 Å². The van der Waals surface area contributed by atoms with Crippen molar-refractivity contribution in [3.63, 3.8) is 0 Å². The molecule has 5 rings (SSSR count). The summed E-state index contributed by atoms with van der Waals surface area (Å²) in [5, 5.41) is 0.861. The van der Waals surface area contributed by atoms with Gasteiger partial charge in [0, 0.05) is 10.4 Å². The van der Waals surface area contributed by atoms with E-state index < -0.39 is 0 Å². The highest BCUT2D eigenvalue weighted by atomic mass is 35.5. The Morgan fingerprint density at radius 1 is 1.05 bits per heavy atom. The molecule has 4 saturated carbocycles. The third-order valence-electron chi connectivity index (χ3n) is 6.17. The molecule has 0 radical (unpaired) electrons. The molecule has 2 unspecified atom stereocenters. The molecule has 19 heavy (non-hydrogen) atoms. The zero-order chi connectivity index (χ0) is 13.1. The molecule has 1 aromatic rings. The van der Waals surface area contributed by atoms with Crippen molar-refractivity contribution >= 4 is 11.6 Å². The fourth-order valence-corrected chi connectivity index (χ4v) is 6.01. The Kier molecular flexibility index (Phi) is 2.57. The lowest BCUT2D eigenvalue weighted by atomic mass is 9.43. The van der Waals surface area contributed by atoms with Gasteiger partial charge in [-0.25, -0.2) is 0 Å². The number of benzene rings is 1. The Balaban J connectivity index is 1.76. The van der Waals surface area contributed by atoms with Crippen molar-refractivity contribution in [2.75, 3.05) is 6.54 Å². The van der Waals surface area contributed by atoms with Crippen molar-refractivity contribution in [2.24, 2.45) is 17.3 Å². The summed E-state index contributed by atoms with van der Waals surface area (Å²) in [6.07, 6.45) is 8.57. The molecular formula is C17H23ClN+. The van der Waals surface area contributed by atoms with E-state index in [2.05, 4.69) is 30.0 Å². The normalized spacial score (nSPS) is 43.7. The maximum absolute atomic E-state index is 6.06. The van der Waals surface area contributed by atoms with Crippen LogP contribution in [0.2, 0.25) is 5.02 Å². The van der Waals surface area contributed by atoms with Crippen LogP contribution in [-0.2, 0) is 5.41 Å². The molecule has 0 spiro atoms. The van der Waals surface area contributed by atoms with Gasteiger partial charge in [-0.2, -0.15) is 0 Å². The molecule has 4 aliphatic carbocycles. The fourth-order valence-electron chi connectivity index (χ4n) is 5.89. The Labute approximate surface area is 120 Å². The first-order valence-electron chi connectivity index (χ1n) is 7.68. The summed E-state index contributed by atoms with van der Waals surface area (Å²) in [4.78, 5) is 0. The van der Waals surface area contributed by atoms with Crippen LogP contribution in [0.5, 0.6) is 0 Å². The van der Waals surface area contributed by atoms with Crippen molar-refractivity contribution in [1.82, 2.24) is 0 Å². The Bertz CT molecular complexity index is 478. The molecule has 2 heteroatoms. The minimum atomic E-state index is 0.451. The molecule has 0 aromatic heterocycles. The van der Waals surface area contributed by atoms with E-state index in [1.54, 1.807) is 5.56 Å². The van der Waals surface area contributed by atoms with E-state index >= 15 is 0 Å². The molecule has 0 heterocycles. The van der Waals surface area contributed by atoms with Crippen LogP contribution in [0, 0.1) is 17.3 Å². The first-order valence-corrected chi connectivity index (χ1v) is 8.06. The van der Waals surface area contributed by atoms with Crippen LogP contribution < -0.4 is 5.73 Å². The molecule has 2 atom stereocenters. The summed E-state index contributed by atoms with van der Waals surface area (Å²) in [7, 11) is 0. The van der Waals surface area contributed by atoms with Crippen molar-refractivity contribution in [3.8, 4) is 0 Å². The van der Waals surface area contributed by atoms with Crippen molar-refractivity contribution in [1.29, 1.82) is 0 Å². The summed E-state index contributed by atoms with van der Waals surface area (Å²) >= 11 is 6.06. The van der Waals surface area contributed by atoms with E-state index in [0.29, 0.717) is 10.8 Å². The van der Waals surface area contributed by atoms with Gasteiger partial charge in [-0.05, 0) is 73.5 Å². The quantitative estimate of drug-likeness (QED) is 0.857. The lowest BCUT2D eigenvalue weighted by Gasteiger charge is -2.61. The smallest absolute Gasteiger partial charge is 0.0797 e. The molecular weight excluding hydrogens is 254 g/mol. The molecule has 102 valence electrons. The predicted octanol–water partition coefficient (Wildman–Crippen LogP) is 3.42. The van der Waals surface area contributed by atoms with E-state index in [1.807, 2.05) is 0 Å². The van der Waals surface area contributed by atoms with Gasteiger partial charge in [0.15, 0.2) is 0 Å². The van der Waals surface area contributed by atoms with Crippen LogP contribution in [0.15, 0.2) is 24.3 Å². The monoisotopic (exact) mass is 276 g/mol. The van der Waals surface area contributed by atoms with Crippen LogP contribution in [0.1, 0.15) is 44.1 Å². The molecule has 0 amide bonds. The molecule has 0 saturated heterocycles. The van der Waals surface area contributed by atoms with Gasteiger partial charge in [0.25, 0.3) is 0 Å². The summed E-state index contributed by atoms with van der Waals surface area (Å²) < 4.78 is 0. The van der Waals surface area contributed by atoms with Gasteiger partial charge in [-0.1, -0.05) is 23.7 Å². The molecule has 1 aromatic carbocycles. The van der Waals surface area contributed by atoms with E-state index in [1.165, 1.54) is 38.5 Å². The molecule has 0 aliphatic heterocycles. The van der Waals surface area contributed by atoms with Crippen LogP contribution >= 0.6 is 11.6 Å². The van der Waals surface area contributed by atoms with Crippen molar-refractivity contribution in [3.05, 3.63) is 34.9 Å². The van der Waals surface area contributed by atoms with E-state index in [-0.39, 0.29) is 0 Å². The van der Waals surface area contributed by atoms with Crippen LogP contribution in [0.3, 0.4) is 0 Å². The lowest BCUT2D eigenvalue weighted by molar-refractivity contribution is -0.403. The third kappa shape index (κ3) is 1.78. The molecule has 3 N–H and O–H groups in total. The van der Waals surface area contributed by atoms with E-state index in [0.717, 1.165) is 23.4 Å². The number of hydrogen-bond acceptors (Lipinski definition) is 0. The first-order chi connectivity index (χ1) is 9.13. The Morgan fingerprint density at radius 2 is 1.68 bits per heavy atom. The maximum atomic E-state index is 6.06. The second kappa shape index (κ2) is 3.99. The molecule has 1 nitrogen and oxygen atoms in total. The number of hydrogen-bond donors (Lipinski definition) is 1. The zero-order valence-electron chi connectivity index (χ0n) is 11.5. The second-order valence-corrected chi connectivity index (χ2v) is 7.93. The minimum absolute atomic E-state index is 0.451. The lowest BCUT2D eigenvalue weighted by Crippen LogP contribution is -2.65. The predicted molar refractivity (Wildman–Crippen MR) is 78.0 cm³/mol. The number of rotatable bonds is 2. The summed E-state index contributed by atoms with van der Waals surface area (Å²) in [5.74, 6) is 1.91. The average Bonchev–Trinajstić information content (AvgIpc) is 2.38. The van der Waals surface area contributed by atoms with Crippen molar-refractivity contribution < 1.29 is 5.73 Å². The fraction of sp³-hybridized carbons (Fsp3) is 0.647. The highest BCUT2D eigenvalue weighted by molar-refractivity contribution is 6.30. The van der Waals surface area contributed by atoms with Gasteiger partial charge in [0.2, 0.25) is 0 Å². The SMILES string of the molecule is [NH3+]CC12CC3CC(C1)CC(c1ccc(Cl)cc1)(C3)C2. The molecule has 4 fully saturated rings. The molecule has 4 bridgehead atoms. The summed E-state index contributed by atoms with van der Waals surface area (Å²) in [6, 6.07) is 8.72. The Hall–Kier alpha value is -0.530. The first kappa shape index (κ1) is 12.2. The van der Waals surface area contributed by atoms with Crippen LogP contribution in [0.4, 0.5) is 0 Å². The van der Waals surface area contributed by atoms with Gasteiger partial charge < -0.3 is 5.73 Å². The van der Waals surface area contributed by atoms with Gasteiger partial charge in [0.1, 0.15) is 0 Å². The topological polar surface area (TPSA) is 27.6 Å². The number of quaternary nitrogens is 1. The standard InChI is InChI=1S/C17H22ClN/c18-15-3-1-14(2-4-15)17-8-12-5-13(9-17)7-16(6-12,10-17)11-19/h1-4,12-13H,5-11,19H2/p+1. The summed E-state index contributed by atoms with van der Waals surface area (Å²) in [5.41, 5.74) is 6.85. The van der Waals surface area contributed by atoms with Crippen molar-refractivity contribution in [2.45, 2.75) is 43.9 Å². The second-order valence-electron chi connectivity index (χ2n) is 7.50. The van der Waals surface area contributed by atoms with Gasteiger partial charge >= 0.3 is 0 Å². The highest BCUT2D eigenvalue weighted by Gasteiger charge is 2.58. The third-order valence-corrected chi connectivity index (χ3v) is 6.42. The van der Waals surface area contributed by atoms with Crippen LogP contribution in [0.25, 0.3) is 0 Å². The van der Waals surface area contributed by atoms with E-state index in [9.17, 15) is 0 Å². The minimum Gasteiger partial charge on any atom is -0.357 e. The number of halogens is 1. The van der Waals surface area contributed by atoms with Gasteiger partial charge in [-0.3, -0.25) is 0 Å². The van der Waals surface area contributed by atoms with Gasteiger partial charge in [-0.15, -0.1) is 0 Å². The zero-order valence-corrected chi connectivity index (χ0v) is 12.3. The Morgan fingerprint density at radius 3 is 2.26 bits per heavy atom. The maximum Gasteiger partial charge on any atom is 0.0797 e. The van der Waals surface area contributed by atoms with E-state index in [4.69, 9.17) is 11.6 Å². The largest absolute Gasteiger partial charge is 0.357 e. The summed E-state index contributed by atoms with van der Waals surface area (Å²) in [6.45, 7) is 1.13. The average molecular weight is 277 g/mol. The van der Waals surface area contributed by atoms with Gasteiger partial charge in [0.05, 0.1) is 6.54 Å². The molecule has 4 aliphatic rings. The highest BCUT2D eigenvalue weighted by Crippen LogP contribution is 2.65.